The quantitative estimate of drug-likeness (QED) is 0.664. The summed E-state index contributed by atoms with van der Waals surface area (Å²) in [5.41, 5.74) is 0.599. The summed E-state index contributed by atoms with van der Waals surface area (Å²) in [5, 5.41) is 4.23. The van der Waals surface area contributed by atoms with Crippen molar-refractivity contribution in [1.82, 2.24) is 9.55 Å². The van der Waals surface area contributed by atoms with E-state index in [-0.39, 0.29) is 5.69 Å². The molecule has 4 nitrogen and oxygen atoms in total. The number of rotatable bonds is 0. The number of hydrogen-bond acceptors (Lipinski definition) is 3. The molecule has 2 heterocycles. The standard InChI is InChI=1S/C10H9N3O/c14-10-12-8-4-2-1-3-7(8)9-11-5-6-13(9)10/h1-4,11H,5-6H2. The van der Waals surface area contributed by atoms with Crippen LogP contribution < -0.4 is 11.0 Å². The molecule has 0 spiro atoms. The fraction of sp³-hybridized carbons (Fsp3) is 0.200. The van der Waals surface area contributed by atoms with Crippen molar-refractivity contribution in [3.05, 3.63) is 34.7 Å². The van der Waals surface area contributed by atoms with Crippen molar-refractivity contribution >= 4 is 16.7 Å². The summed E-state index contributed by atoms with van der Waals surface area (Å²) in [7, 11) is 0. The molecule has 1 aliphatic rings. The Kier molecular flexibility index (Phi) is 1.39. The minimum absolute atomic E-state index is 0.163. The zero-order chi connectivity index (χ0) is 9.54. The van der Waals surface area contributed by atoms with Crippen molar-refractivity contribution in [2.24, 2.45) is 0 Å². The van der Waals surface area contributed by atoms with Crippen LogP contribution in [0.2, 0.25) is 0 Å². The van der Waals surface area contributed by atoms with Crippen LogP contribution in [0.25, 0.3) is 10.9 Å². The minimum atomic E-state index is -0.163. The summed E-state index contributed by atoms with van der Waals surface area (Å²) in [6.07, 6.45) is 0. The van der Waals surface area contributed by atoms with E-state index in [1.165, 1.54) is 0 Å². The van der Waals surface area contributed by atoms with Gasteiger partial charge in [0.1, 0.15) is 5.82 Å². The van der Waals surface area contributed by atoms with Gasteiger partial charge in [0, 0.05) is 18.5 Å². The molecule has 2 aromatic rings. The summed E-state index contributed by atoms with van der Waals surface area (Å²) >= 11 is 0. The van der Waals surface area contributed by atoms with E-state index < -0.39 is 0 Å². The van der Waals surface area contributed by atoms with E-state index in [2.05, 4.69) is 10.3 Å². The number of para-hydroxylation sites is 1. The Hall–Kier alpha value is -1.84. The first-order chi connectivity index (χ1) is 6.86. The highest BCUT2D eigenvalue weighted by atomic mass is 16.1. The van der Waals surface area contributed by atoms with E-state index in [1.54, 1.807) is 4.57 Å². The van der Waals surface area contributed by atoms with Crippen molar-refractivity contribution in [2.75, 3.05) is 11.9 Å². The average molecular weight is 187 g/mol. The first kappa shape index (κ1) is 7.55. The number of nitrogens with one attached hydrogen (secondary N) is 1. The Morgan fingerprint density at radius 3 is 3.14 bits per heavy atom. The SMILES string of the molecule is O=c1nc2ccccc2c2n1CCN2. The predicted molar refractivity (Wildman–Crippen MR) is 54.5 cm³/mol. The maximum absolute atomic E-state index is 11.5. The lowest BCUT2D eigenvalue weighted by Crippen LogP contribution is -2.20. The van der Waals surface area contributed by atoms with Crippen molar-refractivity contribution in [1.29, 1.82) is 0 Å². The lowest BCUT2D eigenvalue weighted by atomic mass is 10.2. The smallest absolute Gasteiger partial charge is 0.349 e. The van der Waals surface area contributed by atoms with E-state index in [1.807, 2.05) is 24.3 Å². The molecule has 1 N–H and O–H groups in total. The van der Waals surface area contributed by atoms with Gasteiger partial charge < -0.3 is 5.32 Å². The van der Waals surface area contributed by atoms with Gasteiger partial charge in [0.05, 0.1) is 5.52 Å². The molecule has 0 saturated heterocycles. The Labute approximate surface area is 80.2 Å². The molecular weight excluding hydrogens is 178 g/mol. The van der Waals surface area contributed by atoms with Gasteiger partial charge in [-0.15, -0.1) is 0 Å². The van der Waals surface area contributed by atoms with Gasteiger partial charge in [-0.3, -0.25) is 4.57 Å². The van der Waals surface area contributed by atoms with Crippen molar-refractivity contribution in [2.45, 2.75) is 6.54 Å². The molecule has 0 aliphatic carbocycles. The van der Waals surface area contributed by atoms with Crippen LogP contribution in [-0.4, -0.2) is 16.1 Å². The monoisotopic (exact) mass is 187 g/mol. The zero-order valence-corrected chi connectivity index (χ0v) is 7.53. The predicted octanol–water partition coefficient (Wildman–Crippen LogP) is 0.822. The summed E-state index contributed by atoms with van der Waals surface area (Å²) in [4.78, 5) is 15.6. The molecule has 70 valence electrons. The van der Waals surface area contributed by atoms with Gasteiger partial charge in [-0.1, -0.05) is 12.1 Å². The molecule has 1 aromatic heterocycles. The molecule has 1 aromatic carbocycles. The van der Waals surface area contributed by atoms with E-state index in [0.29, 0.717) is 6.54 Å². The Morgan fingerprint density at radius 1 is 1.36 bits per heavy atom. The number of hydrogen-bond donors (Lipinski definition) is 1. The molecule has 0 amide bonds. The number of fused-ring (bicyclic) bond motifs is 3. The lowest BCUT2D eigenvalue weighted by Gasteiger charge is -2.04. The second-order valence-electron chi connectivity index (χ2n) is 3.34. The largest absolute Gasteiger partial charge is 0.369 e. The molecule has 0 unspecified atom stereocenters. The number of benzene rings is 1. The van der Waals surface area contributed by atoms with Crippen molar-refractivity contribution < 1.29 is 0 Å². The summed E-state index contributed by atoms with van der Waals surface area (Å²) < 4.78 is 1.68. The number of anilines is 1. The van der Waals surface area contributed by atoms with Gasteiger partial charge in [0.25, 0.3) is 0 Å². The highest BCUT2D eigenvalue weighted by Gasteiger charge is 2.14. The lowest BCUT2D eigenvalue weighted by molar-refractivity contribution is 0.750. The van der Waals surface area contributed by atoms with Crippen molar-refractivity contribution in [3.8, 4) is 0 Å². The third-order valence-electron chi connectivity index (χ3n) is 2.50. The summed E-state index contributed by atoms with van der Waals surface area (Å²) in [5.74, 6) is 0.903. The molecule has 0 fully saturated rings. The number of aromatic nitrogens is 2. The molecule has 0 atom stereocenters. The molecule has 1 aliphatic heterocycles. The van der Waals surface area contributed by atoms with Crippen LogP contribution in [0.1, 0.15) is 0 Å². The van der Waals surface area contributed by atoms with Gasteiger partial charge in [-0.25, -0.2) is 4.79 Å². The topological polar surface area (TPSA) is 46.9 Å². The average Bonchev–Trinajstić information content (AvgIpc) is 2.67. The first-order valence-electron chi connectivity index (χ1n) is 4.60. The third kappa shape index (κ3) is 0.878. The van der Waals surface area contributed by atoms with Crippen LogP contribution in [-0.2, 0) is 6.54 Å². The molecule has 0 bridgehead atoms. The van der Waals surface area contributed by atoms with Gasteiger partial charge in [-0.05, 0) is 12.1 Å². The third-order valence-corrected chi connectivity index (χ3v) is 2.50. The fourth-order valence-corrected chi connectivity index (χ4v) is 1.86. The van der Waals surface area contributed by atoms with E-state index in [9.17, 15) is 4.79 Å². The summed E-state index contributed by atoms with van der Waals surface area (Å²) in [6, 6.07) is 7.68. The van der Waals surface area contributed by atoms with Crippen LogP contribution in [0.4, 0.5) is 5.82 Å². The van der Waals surface area contributed by atoms with E-state index in [0.717, 1.165) is 23.3 Å². The molecular formula is C10H9N3O. The van der Waals surface area contributed by atoms with E-state index >= 15 is 0 Å². The molecule has 0 radical (unpaired) electrons. The van der Waals surface area contributed by atoms with Gasteiger partial charge in [0.2, 0.25) is 0 Å². The van der Waals surface area contributed by atoms with E-state index in [4.69, 9.17) is 0 Å². The van der Waals surface area contributed by atoms with Gasteiger partial charge >= 0.3 is 5.69 Å². The van der Waals surface area contributed by atoms with Crippen LogP contribution in [0, 0.1) is 0 Å². The zero-order valence-electron chi connectivity index (χ0n) is 7.53. The highest BCUT2D eigenvalue weighted by Crippen LogP contribution is 2.21. The fourth-order valence-electron chi connectivity index (χ4n) is 1.86. The normalized spacial score (nSPS) is 14.0. The van der Waals surface area contributed by atoms with Crippen LogP contribution in [0.3, 0.4) is 0 Å². The number of nitrogens with zero attached hydrogens (tertiary/aromatic N) is 2. The molecule has 14 heavy (non-hydrogen) atoms. The summed E-state index contributed by atoms with van der Waals surface area (Å²) in [6.45, 7) is 1.52. The second-order valence-corrected chi connectivity index (χ2v) is 3.34. The minimum Gasteiger partial charge on any atom is -0.369 e. The Bertz CT molecular complexity index is 559. The van der Waals surface area contributed by atoms with Crippen LogP contribution in [0.5, 0.6) is 0 Å². The molecule has 4 heteroatoms. The van der Waals surface area contributed by atoms with Gasteiger partial charge in [0.15, 0.2) is 0 Å². The van der Waals surface area contributed by atoms with Gasteiger partial charge in [-0.2, -0.15) is 4.98 Å². The highest BCUT2D eigenvalue weighted by molar-refractivity contribution is 5.89. The van der Waals surface area contributed by atoms with Crippen LogP contribution in [0.15, 0.2) is 29.1 Å². The van der Waals surface area contributed by atoms with Crippen molar-refractivity contribution in [3.63, 3.8) is 0 Å². The molecule has 0 saturated carbocycles. The second kappa shape index (κ2) is 2.57. The maximum atomic E-state index is 11.5. The Morgan fingerprint density at radius 2 is 2.21 bits per heavy atom. The first-order valence-corrected chi connectivity index (χ1v) is 4.60. The molecule has 3 rings (SSSR count). The maximum Gasteiger partial charge on any atom is 0.349 e. The van der Waals surface area contributed by atoms with Crippen LogP contribution >= 0.6 is 0 Å². The Balaban J connectivity index is 2.52.